The maximum absolute atomic E-state index is 13.1. The van der Waals surface area contributed by atoms with Gasteiger partial charge in [-0.05, 0) is 61.0 Å². The number of hydrogen-bond donors (Lipinski definition) is 2. The first kappa shape index (κ1) is 23.0. The second-order valence-corrected chi connectivity index (χ2v) is 10.3. The lowest BCUT2D eigenvalue weighted by molar-refractivity contribution is 0.274. The molecule has 1 aliphatic rings. The van der Waals surface area contributed by atoms with Gasteiger partial charge in [0.15, 0.2) is 17.1 Å². The molecule has 0 radical (unpaired) electrons. The number of anilines is 2. The zero-order chi connectivity index (χ0) is 24.7. The molecular weight excluding hydrogens is 442 g/mol. The maximum atomic E-state index is 13.1. The molecule has 1 unspecified atom stereocenters. The fourth-order valence-electron chi connectivity index (χ4n) is 4.76. The van der Waals surface area contributed by atoms with Crippen LogP contribution in [0.5, 0.6) is 5.88 Å². The topological polar surface area (TPSA) is 91.7 Å². The van der Waals surface area contributed by atoms with Crippen molar-refractivity contribution in [2.24, 2.45) is 5.41 Å². The van der Waals surface area contributed by atoms with Gasteiger partial charge in [-0.3, -0.25) is 4.79 Å². The number of aryl methyl sites for hydroxylation is 1. The van der Waals surface area contributed by atoms with Crippen molar-refractivity contribution < 1.29 is 14.0 Å². The van der Waals surface area contributed by atoms with Crippen LogP contribution in [0.4, 0.5) is 11.6 Å². The fourth-order valence-corrected chi connectivity index (χ4v) is 4.76. The van der Waals surface area contributed by atoms with Crippen LogP contribution in [0, 0.1) is 12.3 Å². The Morgan fingerprint density at radius 1 is 1.11 bits per heavy atom. The van der Waals surface area contributed by atoms with E-state index in [1.165, 1.54) is 6.07 Å². The van der Waals surface area contributed by atoms with E-state index in [-0.39, 0.29) is 17.4 Å². The molecule has 2 N–H and O–H groups in total. The first-order valence-electron chi connectivity index (χ1n) is 12.1. The highest BCUT2D eigenvalue weighted by atomic mass is 16.5. The third-order valence-electron chi connectivity index (χ3n) is 6.95. The van der Waals surface area contributed by atoms with E-state index in [0.717, 1.165) is 48.3 Å². The summed E-state index contributed by atoms with van der Waals surface area (Å²) in [4.78, 5) is 15.3. The molecule has 4 aromatic rings. The van der Waals surface area contributed by atoms with Gasteiger partial charge in [-0.2, -0.15) is 0 Å². The Bertz CT molecular complexity index is 1430. The SMILES string of the molecule is Cc1cc(C(C)Nc2ccccc2-c2cc(O)no2)c2oc(N3CCC(C)(C)CC3)cc(=O)c2c1. The van der Waals surface area contributed by atoms with E-state index >= 15 is 0 Å². The minimum atomic E-state index is -0.172. The Kier molecular flexibility index (Phi) is 5.79. The quantitative estimate of drug-likeness (QED) is 0.353. The smallest absolute Gasteiger partial charge is 0.252 e. The van der Waals surface area contributed by atoms with Gasteiger partial charge in [0.1, 0.15) is 5.58 Å². The van der Waals surface area contributed by atoms with Crippen LogP contribution in [-0.2, 0) is 0 Å². The number of hydrogen-bond acceptors (Lipinski definition) is 7. The molecule has 0 amide bonds. The molecule has 1 aliphatic heterocycles. The molecule has 7 nitrogen and oxygen atoms in total. The fraction of sp³-hybridized carbons (Fsp3) is 0.357. The Morgan fingerprint density at radius 3 is 2.57 bits per heavy atom. The Hall–Kier alpha value is -3.74. The molecule has 3 heterocycles. The summed E-state index contributed by atoms with van der Waals surface area (Å²) in [6.07, 6.45) is 2.11. The Morgan fingerprint density at radius 2 is 1.86 bits per heavy atom. The van der Waals surface area contributed by atoms with Crippen molar-refractivity contribution in [3.8, 4) is 17.2 Å². The first-order chi connectivity index (χ1) is 16.7. The summed E-state index contributed by atoms with van der Waals surface area (Å²) in [7, 11) is 0. The highest BCUT2D eigenvalue weighted by Crippen LogP contribution is 2.36. The van der Waals surface area contributed by atoms with Gasteiger partial charge >= 0.3 is 0 Å². The number of para-hydroxylation sites is 1. The lowest BCUT2D eigenvalue weighted by Crippen LogP contribution is -2.37. The van der Waals surface area contributed by atoms with Crippen LogP contribution in [0.25, 0.3) is 22.3 Å². The van der Waals surface area contributed by atoms with Gasteiger partial charge in [0.2, 0.25) is 0 Å². The van der Waals surface area contributed by atoms with Crippen LogP contribution in [-0.4, -0.2) is 23.4 Å². The molecule has 0 bridgehead atoms. The molecular formula is C28H31N3O4. The summed E-state index contributed by atoms with van der Waals surface area (Å²) in [6.45, 7) is 10.3. The number of piperidine rings is 1. The second kappa shape index (κ2) is 8.80. The zero-order valence-corrected chi connectivity index (χ0v) is 20.6. The molecule has 1 fully saturated rings. The summed E-state index contributed by atoms with van der Waals surface area (Å²) in [5.74, 6) is 0.935. The lowest BCUT2D eigenvalue weighted by atomic mass is 9.83. The van der Waals surface area contributed by atoms with E-state index in [1.54, 1.807) is 6.07 Å². The molecule has 182 valence electrons. The lowest BCUT2D eigenvalue weighted by Gasteiger charge is -2.37. The van der Waals surface area contributed by atoms with Crippen molar-refractivity contribution >= 4 is 22.5 Å². The highest BCUT2D eigenvalue weighted by Gasteiger charge is 2.27. The van der Waals surface area contributed by atoms with Crippen LogP contribution in [0.15, 0.2) is 62.3 Å². The van der Waals surface area contributed by atoms with E-state index in [2.05, 4.69) is 35.3 Å². The van der Waals surface area contributed by atoms with E-state index in [0.29, 0.717) is 28.0 Å². The minimum absolute atomic E-state index is 0.0271. The number of aromatic nitrogens is 1. The zero-order valence-electron chi connectivity index (χ0n) is 20.6. The van der Waals surface area contributed by atoms with Crippen LogP contribution >= 0.6 is 0 Å². The summed E-state index contributed by atoms with van der Waals surface area (Å²) < 4.78 is 11.7. The van der Waals surface area contributed by atoms with Crippen molar-refractivity contribution in [2.75, 3.05) is 23.3 Å². The van der Waals surface area contributed by atoms with E-state index in [1.807, 2.05) is 44.2 Å². The maximum Gasteiger partial charge on any atom is 0.252 e. The molecule has 2 aromatic carbocycles. The van der Waals surface area contributed by atoms with Gasteiger partial charge in [0, 0.05) is 42.0 Å². The molecule has 1 saturated heterocycles. The largest absolute Gasteiger partial charge is 0.491 e. The Balaban J connectivity index is 1.53. The van der Waals surface area contributed by atoms with E-state index in [4.69, 9.17) is 8.94 Å². The van der Waals surface area contributed by atoms with Crippen molar-refractivity contribution in [3.05, 3.63) is 69.9 Å². The van der Waals surface area contributed by atoms with Crippen LogP contribution < -0.4 is 15.6 Å². The Labute approximate surface area is 204 Å². The molecule has 0 spiro atoms. The average Bonchev–Trinajstić information content (AvgIpc) is 3.25. The summed E-state index contributed by atoms with van der Waals surface area (Å²) in [5, 5.41) is 17.4. The van der Waals surface area contributed by atoms with Crippen molar-refractivity contribution in [1.82, 2.24) is 5.16 Å². The number of benzene rings is 2. The third kappa shape index (κ3) is 4.63. The number of rotatable bonds is 5. The average molecular weight is 474 g/mol. The molecule has 2 aromatic heterocycles. The number of nitrogens with zero attached hydrogens (tertiary/aromatic N) is 2. The van der Waals surface area contributed by atoms with E-state index < -0.39 is 0 Å². The van der Waals surface area contributed by atoms with Gasteiger partial charge < -0.3 is 24.3 Å². The van der Waals surface area contributed by atoms with Crippen LogP contribution in [0.2, 0.25) is 0 Å². The van der Waals surface area contributed by atoms with Gasteiger partial charge in [-0.1, -0.05) is 32.0 Å². The number of aromatic hydroxyl groups is 1. The monoisotopic (exact) mass is 473 g/mol. The summed E-state index contributed by atoms with van der Waals surface area (Å²) in [5.41, 5.74) is 4.39. The summed E-state index contributed by atoms with van der Waals surface area (Å²) in [6, 6.07) is 14.6. The third-order valence-corrected chi connectivity index (χ3v) is 6.95. The predicted octanol–water partition coefficient (Wildman–Crippen LogP) is 6.26. The number of nitrogens with one attached hydrogen (secondary N) is 1. The standard InChI is InChI=1S/C28H31N3O4/c1-17-13-20(18(2)29-22-8-6-5-7-19(22)24-16-25(33)30-35-24)27-21(14-17)23(32)15-26(34-27)31-11-9-28(3,4)10-12-31/h5-8,13-16,18,29H,9-12H2,1-4H3,(H,30,33). The molecule has 0 aliphatic carbocycles. The van der Waals surface area contributed by atoms with Crippen molar-refractivity contribution in [3.63, 3.8) is 0 Å². The van der Waals surface area contributed by atoms with E-state index in [9.17, 15) is 9.90 Å². The molecule has 5 rings (SSSR count). The highest BCUT2D eigenvalue weighted by molar-refractivity contribution is 5.83. The predicted molar refractivity (Wildman–Crippen MR) is 138 cm³/mol. The van der Waals surface area contributed by atoms with Crippen LogP contribution in [0.1, 0.15) is 50.8 Å². The van der Waals surface area contributed by atoms with Gasteiger partial charge in [0.05, 0.1) is 11.4 Å². The van der Waals surface area contributed by atoms with Gasteiger partial charge in [0.25, 0.3) is 5.88 Å². The van der Waals surface area contributed by atoms with Crippen LogP contribution in [0.3, 0.4) is 0 Å². The van der Waals surface area contributed by atoms with Gasteiger partial charge in [-0.15, -0.1) is 0 Å². The second-order valence-electron chi connectivity index (χ2n) is 10.3. The summed E-state index contributed by atoms with van der Waals surface area (Å²) >= 11 is 0. The minimum Gasteiger partial charge on any atom is -0.491 e. The van der Waals surface area contributed by atoms with Crippen molar-refractivity contribution in [1.29, 1.82) is 0 Å². The number of fused-ring (bicyclic) bond motifs is 1. The molecule has 0 saturated carbocycles. The van der Waals surface area contributed by atoms with Crippen molar-refractivity contribution in [2.45, 2.75) is 46.6 Å². The first-order valence-corrected chi connectivity index (χ1v) is 12.1. The molecule has 35 heavy (non-hydrogen) atoms. The van der Waals surface area contributed by atoms with Gasteiger partial charge in [-0.25, -0.2) is 0 Å². The normalized spacial score (nSPS) is 16.4. The molecule has 7 heteroatoms. The molecule has 1 atom stereocenters.